The summed E-state index contributed by atoms with van der Waals surface area (Å²) in [4.78, 5) is 2.49. The SMILES string of the molecule is CCC(=C(Cc1ccccc1)c1ccc(OCCN2CCCC2)cc1)c1ccccc1. The maximum atomic E-state index is 6.03. The van der Waals surface area contributed by atoms with Gasteiger partial charge in [0.2, 0.25) is 0 Å². The number of allylic oxidation sites excluding steroid dienone is 2. The average Bonchev–Trinajstić information content (AvgIpc) is 3.34. The molecule has 160 valence electrons. The Bertz CT molecular complexity index is 955. The van der Waals surface area contributed by atoms with Gasteiger partial charge in [-0.2, -0.15) is 0 Å². The van der Waals surface area contributed by atoms with Gasteiger partial charge in [-0.15, -0.1) is 0 Å². The van der Waals surface area contributed by atoms with Crippen molar-refractivity contribution in [2.45, 2.75) is 32.6 Å². The number of hydrogen-bond acceptors (Lipinski definition) is 2. The predicted molar refractivity (Wildman–Crippen MR) is 131 cm³/mol. The molecule has 0 aromatic heterocycles. The molecule has 2 nitrogen and oxygen atoms in total. The van der Waals surface area contributed by atoms with Gasteiger partial charge in [0, 0.05) is 6.54 Å². The molecule has 0 radical (unpaired) electrons. The molecule has 0 saturated carbocycles. The van der Waals surface area contributed by atoms with E-state index in [2.05, 4.69) is 96.8 Å². The summed E-state index contributed by atoms with van der Waals surface area (Å²) in [5.74, 6) is 0.958. The molecule has 0 unspecified atom stereocenters. The molecule has 2 heteroatoms. The Balaban J connectivity index is 1.56. The number of rotatable bonds is 9. The van der Waals surface area contributed by atoms with Crippen molar-refractivity contribution in [2.75, 3.05) is 26.2 Å². The van der Waals surface area contributed by atoms with E-state index >= 15 is 0 Å². The second-order valence-electron chi connectivity index (χ2n) is 8.26. The summed E-state index contributed by atoms with van der Waals surface area (Å²) in [5, 5.41) is 0. The number of benzene rings is 3. The van der Waals surface area contributed by atoms with Crippen LogP contribution in [0, 0.1) is 0 Å². The van der Waals surface area contributed by atoms with Crippen molar-refractivity contribution in [1.82, 2.24) is 4.90 Å². The third kappa shape index (κ3) is 5.86. The maximum absolute atomic E-state index is 6.03. The van der Waals surface area contributed by atoms with E-state index in [1.54, 1.807) is 0 Å². The molecular formula is C29H33NO. The first kappa shape index (κ1) is 21.4. The van der Waals surface area contributed by atoms with Crippen LogP contribution in [0.2, 0.25) is 0 Å². The lowest BCUT2D eigenvalue weighted by Crippen LogP contribution is -2.25. The minimum Gasteiger partial charge on any atom is -0.492 e. The van der Waals surface area contributed by atoms with E-state index in [0.717, 1.165) is 31.7 Å². The van der Waals surface area contributed by atoms with Crippen molar-refractivity contribution in [3.8, 4) is 5.75 Å². The fraction of sp³-hybridized carbons (Fsp3) is 0.310. The lowest BCUT2D eigenvalue weighted by molar-refractivity contribution is 0.238. The second-order valence-corrected chi connectivity index (χ2v) is 8.26. The van der Waals surface area contributed by atoms with Crippen molar-refractivity contribution in [1.29, 1.82) is 0 Å². The molecular weight excluding hydrogens is 378 g/mol. The highest BCUT2D eigenvalue weighted by atomic mass is 16.5. The van der Waals surface area contributed by atoms with Gasteiger partial charge in [0.25, 0.3) is 0 Å². The summed E-state index contributed by atoms with van der Waals surface area (Å²) >= 11 is 0. The Labute approximate surface area is 187 Å². The van der Waals surface area contributed by atoms with E-state index in [1.165, 1.54) is 53.8 Å². The number of ether oxygens (including phenoxy) is 1. The second kappa shape index (κ2) is 11.0. The van der Waals surface area contributed by atoms with Crippen LogP contribution in [0.25, 0.3) is 11.1 Å². The molecule has 0 bridgehead atoms. The van der Waals surface area contributed by atoms with Crippen LogP contribution in [0.3, 0.4) is 0 Å². The molecule has 3 aromatic rings. The number of hydrogen-bond donors (Lipinski definition) is 0. The monoisotopic (exact) mass is 411 g/mol. The van der Waals surface area contributed by atoms with E-state index in [4.69, 9.17) is 4.74 Å². The lowest BCUT2D eigenvalue weighted by atomic mass is 9.89. The number of nitrogens with zero attached hydrogens (tertiary/aromatic N) is 1. The van der Waals surface area contributed by atoms with Crippen LogP contribution in [0.15, 0.2) is 84.9 Å². The molecule has 1 heterocycles. The van der Waals surface area contributed by atoms with Crippen molar-refractivity contribution >= 4 is 11.1 Å². The summed E-state index contributed by atoms with van der Waals surface area (Å²) in [6.45, 7) is 6.47. The third-order valence-corrected chi connectivity index (χ3v) is 6.14. The Hall–Kier alpha value is -2.84. The van der Waals surface area contributed by atoms with Crippen molar-refractivity contribution in [2.24, 2.45) is 0 Å². The molecule has 3 aromatic carbocycles. The number of likely N-dealkylation sites (tertiary alicyclic amines) is 1. The molecule has 0 amide bonds. The van der Waals surface area contributed by atoms with Gasteiger partial charge in [0.1, 0.15) is 12.4 Å². The molecule has 1 fully saturated rings. The first-order valence-corrected chi connectivity index (χ1v) is 11.6. The summed E-state index contributed by atoms with van der Waals surface area (Å²) in [5.41, 5.74) is 6.72. The lowest BCUT2D eigenvalue weighted by Gasteiger charge is -2.17. The fourth-order valence-corrected chi connectivity index (χ4v) is 4.47. The summed E-state index contributed by atoms with van der Waals surface area (Å²) in [6, 6.07) is 30.2. The standard InChI is InChI=1S/C29H33NO/c1-2-28(25-13-7-4-8-14-25)29(23-24-11-5-3-6-12-24)26-15-17-27(18-16-26)31-22-21-30-19-9-10-20-30/h3-8,11-18H,2,9-10,19-23H2,1H3. The largest absolute Gasteiger partial charge is 0.492 e. The minimum atomic E-state index is 0.760. The summed E-state index contributed by atoms with van der Waals surface area (Å²) in [6.07, 6.45) is 4.58. The molecule has 0 spiro atoms. The Kier molecular flexibility index (Phi) is 7.57. The highest BCUT2D eigenvalue weighted by Crippen LogP contribution is 2.32. The normalized spacial score (nSPS) is 15.0. The fourth-order valence-electron chi connectivity index (χ4n) is 4.47. The van der Waals surface area contributed by atoms with Crippen LogP contribution in [0.1, 0.15) is 42.9 Å². The third-order valence-electron chi connectivity index (χ3n) is 6.14. The average molecular weight is 412 g/mol. The van der Waals surface area contributed by atoms with Gasteiger partial charge in [-0.25, -0.2) is 0 Å². The van der Waals surface area contributed by atoms with Crippen LogP contribution in [0.5, 0.6) is 5.75 Å². The van der Waals surface area contributed by atoms with Crippen molar-refractivity contribution in [3.05, 3.63) is 102 Å². The molecule has 0 atom stereocenters. The van der Waals surface area contributed by atoms with E-state index < -0.39 is 0 Å². The van der Waals surface area contributed by atoms with E-state index in [-0.39, 0.29) is 0 Å². The minimum absolute atomic E-state index is 0.760. The molecule has 0 aliphatic carbocycles. The van der Waals surface area contributed by atoms with Crippen LogP contribution in [0.4, 0.5) is 0 Å². The van der Waals surface area contributed by atoms with Crippen molar-refractivity contribution in [3.63, 3.8) is 0 Å². The van der Waals surface area contributed by atoms with Gasteiger partial charge >= 0.3 is 0 Å². The molecule has 1 aliphatic heterocycles. The van der Waals surface area contributed by atoms with Gasteiger partial charge < -0.3 is 4.74 Å². The Morgan fingerprint density at radius 3 is 2.00 bits per heavy atom. The van der Waals surface area contributed by atoms with Gasteiger partial charge in [-0.05, 0) is 78.7 Å². The maximum Gasteiger partial charge on any atom is 0.119 e. The molecule has 4 rings (SSSR count). The first-order chi connectivity index (χ1) is 15.3. The van der Waals surface area contributed by atoms with Gasteiger partial charge in [-0.3, -0.25) is 4.90 Å². The van der Waals surface area contributed by atoms with Gasteiger partial charge in [0.15, 0.2) is 0 Å². The van der Waals surface area contributed by atoms with Crippen LogP contribution in [-0.2, 0) is 6.42 Å². The van der Waals surface area contributed by atoms with Crippen LogP contribution < -0.4 is 4.74 Å². The summed E-state index contributed by atoms with van der Waals surface area (Å²) < 4.78 is 6.03. The molecule has 31 heavy (non-hydrogen) atoms. The highest BCUT2D eigenvalue weighted by Gasteiger charge is 2.13. The first-order valence-electron chi connectivity index (χ1n) is 11.6. The zero-order valence-corrected chi connectivity index (χ0v) is 18.6. The van der Waals surface area contributed by atoms with Crippen LogP contribution >= 0.6 is 0 Å². The highest BCUT2D eigenvalue weighted by molar-refractivity contribution is 5.91. The zero-order valence-electron chi connectivity index (χ0n) is 18.6. The van der Waals surface area contributed by atoms with Gasteiger partial charge in [0.05, 0.1) is 0 Å². The van der Waals surface area contributed by atoms with E-state index in [9.17, 15) is 0 Å². The molecule has 0 N–H and O–H groups in total. The predicted octanol–water partition coefficient (Wildman–Crippen LogP) is 6.72. The molecule has 1 aliphatic rings. The van der Waals surface area contributed by atoms with E-state index in [0.29, 0.717) is 0 Å². The zero-order chi connectivity index (χ0) is 21.3. The van der Waals surface area contributed by atoms with Crippen molar-refractivity contribution < 1.29 is 4.74 Å². The topological polar surface area (TPSA) is 12.5 Å². The van der Waals surface area contributed by atoms with Gasteiger partial charge in [-0.1, -0.05) is 79.7 Å². The van der Waals surface area contributed by atoms with Crippen LogP contribution in [-0.4, -0.2) is 31.1 Å². The van der Waals surface area contributed by atoms with E-state index in [1.807, 2.05) is 0 Å². The summed E-state index contributed by atoms with van der Waals surface area (Å²) in [7, 11) is 0. The smallest absolute Gasteiger partial charge is 0.119 e. The quantitative estimate of drug-likeness (QED) is 0.362. The Morgan fingerprint density at radius 1 is 0.742 bits per heavy atom. The Morgan fingerprint density at radius 2 is 1.35 bits per heavy atom. The molecule has 1 saturated heterocycles.